The van der Waals surface area contributed by atoms with E-state index in [0.29, 0.717) is 0 Å². The Morgan fingerprint density at radius 3 is 1.71 bits per heavy atom. The third kappa shape index (κ3) is 3.71. The van der Waals surface area contributed by atoms with Crippen molar-refractivity contribution in [2.45, 2.75) is 0 Å². The second-order valence-electron chi connectivity index (χ2n) is 0.601. The van der Waals surface area contributed by atoms with Gasteiger partial charge in [-0.2, -0.15) is 4.21 Å². The van der Waals surface area contributed by atoms with Gasteiger partial charge in [-0.1, -0.05) is 0 Å². The standard InChI is InChI=1S/H4O3P2S2/c1-7(6,2-4)3-5/h4-5H2. The lowest BCUT2D eigenvalue weighted by atomic mass is 15.8. The molecule has 44 valence electrons. The fourth-order valence-electron chi connectivity index (χ4n) is 0.0227. The zero-order valence-electron chi connectivity index (χ0n) is 3.20. The molecule has 0 spiro atoms. The molecule has 0 N–H and O–H groups in total. The van der Waals surface area contributed by atoms with E-state index in [-0.39, 0.29) is 0 Å². The maximum atomic E-state index is 10.3. The third-order valence-electron chi connectivity index (χ3n) is 0.236. The summed E-state index contributed by atoms with van der Waals surface area (Å²) in [5.41, 5.74) is 0. The highest BCUT2D eigenvalue weighted by Crippen LogP contribution is 2.04. The van der Waals surface area contributed by atoms with Gasteiger partial charge in [-0.3, -0.25) is 7.94 Å². The number of hydrogen-bond donors (Lipinski definition) is 0. The van der Waals surface area contributed by atoms with E-state index in [0.717, 1.165) is 0 Å². The molecule has 0 bridgehead atoms. The Kier molecular flexibility index (Phi) is 3.76. The van der Waals surface area contributed by atoms with Gasteiger partial charge < -0.3 is 0 Å². The van der Waals surface area contributed by atoms with Crippen molar-refractivity contribution in [1.29, 1.82) is 0 Å². The van der Waals surface area contributed by atoms with Crippen molar-refractivity contribution in [1.82, 2.24) is 0 Å². The van der Waals surface area contributed by atoms with E-state index in [1.54, 1.807) is 18.9 Å². The normalized spacial score (nSPS) is 11.7. The molecule has 7 heteroatoms. The summed E-state index contributed by atoms with van der Waals surface area (Å²) in [6.45, 7) is 0. The predicted octanol–water partition coefficient (Wildman–Crippen LogP) is 0.176. The molecule has 0 saturated carbocycles. The van der Waals surface area contributed by atoms with E-state index in [1.165, 1.54) is 0 Å². The fourth-order valence-corrected chi connectivity index (χ4v) is 0.612. The van der Waals surface area contributed by atoms with E-state index in [1.807, 2.05) is 0 Å². The molecule has 0 aromatic heterocycles. The zero-order valence-corrected chi connectivity index (χ0v) is 7.14. The average Bonchev–Trinajstić information content (AvgIpc) is 1.68. The summed E-state index contributed by atoms with van der Waals surface area (Å²) in [7, 11) is 0.604. The zero-order chi connectivity index (χ0) is 5.91. The first kappa shape index (κ1) is 8.15. The van der Waals surface area contributed by atoms with Crippen molar-refractivity contribution in [3.8, 4) is 0 Å². The van der Waals surface area contributed by atoms with Gasteiger partial charge in [0.15, 0.2) is 0 Å². The lowest BCUT2D eigenvalue weighted by molar-refractivity contribution is 0.519. The Morgan fingerprint density at radius 1 is 1.43 bits per heavy atom. The molecular weight excluding hydrogens is 174 g/mol. The molecule has 0 rings (SSSR count). The molecule has 2 unspecified atom stereocenters. The maximum Gasteiger partial charge on any atom is 0.274 e. The Hall–Kier alpha value is 1.15. The van der Waals surface area contributed by atoms with E-state index in [9.17, 15) is 4.21 Å². The van der Waals surface area contributed by atoms with Crippen molar-refractivity contribution in [2.75, 3.05) is 0 Å². The number of rotatable bonds is 2. The van der Waals surface area contributed by atoms with Crippen LogP contribution >= 0.6 is 18.9 Å². The SMILES string of the molecule is O=S(=S)(OP)OP. The van der Waals surface area contributed by atoms with Crippen molar-refractivity contribution in [2.24, 2.45) is 0 Å². The molecule has 0 radical (unpaired) electrons. The quantitative estimate of drug-likeness (QED) is 0.565. The van der Waals surface area contributed by atoms with Crippen LogP contribution in [0.25, 0.3) is 0 Å². The van der Waals surface area contributed by atoms with Crippen LogP contribution in [-0.4, -0.2) is 4.21 Å². The molecule has 0 aromatic rings. The van der Waals surface area contributed by atoms with Crippen LogP contribution < -0.4 is 0 Å². The Bertz CT molecular complexity index is 114. The minimum absolute atomic E-state index is 1.75. The van der Waals surface area contributed by atoms with Gasteiger partial charge in [-0.05, 0) is 0 Å². The summed E-state index contributed by atoms with van der Waals surface area (Å²) < 4.78 is 18.5. The highest BCUT2D eigenvalue weighted by molar-refractivity contribution is 8.29. The van der Waals surface area contributed by atoms with Crippen LogP contribution in [0.2, 0.25) is 0 Å². The van der Waals surface area contributed by atoms with Crippen LogP contribution in [-0.2, 0) is 28.2 Å². The van der Waals surface area contributed by atoms with E-state index in [2.05, 4.69) is 19.1 Å². The van der Waals surface area contributed by atoms with Crippen LogP contribution in [0.4, 0.5) is 0 Å². The Balaban J connectivity index is 3.89. The van der Waals surface area contributed by atoms with Crippen LogP contribution in [0.1, 0.15) is 0 Å². The second-order valence-corrected chi connectivity index (χ2v) is 4.18. The maximum absolute atomic E-state index is 10.3. The van der Waals surface area contributed by atoms with Crippen molar-refractivity contribution in [3.05, 3.63) is 0 Å². The van der Waals surface area contributed by atoms with Gasteiger partial charge in [0.25, 0.3) is 9.05 Å². The topological polar surface area (TPSA) is 35.5 Å². The first-order chi connectivity index (χ1) is 3.12. The Labute approximate surface area is 51.8 Å². The minimum Gasteiger partial charge on any atom is -0.254 e. The average molecular weight is 178 g/mol. The minimum atomic E-state index is -2.90. The molecule has 0 fully saturated rings. The van der Waals surface area contributed by atoms with Crippen LogP contribution in [0.3, 0.4) is 0 Å². The van der Waals surface area contributed by atoms with Crippen molar-refractivity contribution < 1.29 is 12.1 Å². The first-order valence-corrected chi connectivity index (χ1v) is 4.41. The van der Waals surface area contributed by atoms with Gasteiger partial charge in [0.1, 0.15) is 0 Å². The molecule has 0 aliphatic carbocycles. The molecule has 0 aromatic carbocycles. The highest BCUT2D eigenvalue weighted by Gasteiger charge is 1.96. The summed E-state index contributed by atoms with van der Waals surface area (Å²) in [5, 5.41) is 0. The summed E-state index contributed by atoms with van der Waals surface area (Å²) >= 11 is 4.19. The van der Waals surface area contributed by atoms with Crippen LogP contribution in [0.15, 0.2) is 0 Å². The molecule has 0 aliphatic heterocycles. The van der Waals surface area contributed by atoms with Gasteiger partial charge in [0.2, 0.25) is 0 Å². The molecule has 7 heavy (non-hydrogen) atoms. The Morgan fingerprint density at radius 2 is 1.71 bits per heavy atom. The first-order valence-electron chi connectivity index (χ1n) is 1.14. The van der Waals surface area contributed by atoms with Crippen LogP contribution in [0, 0.1) is 0 Å². The van der Waals surface area contributed by atoms with E-state index in [4.69, 9.17) is 0 Å². The summed E-state index contributed by atoms with van der Waals surface area (Å²) in [4.78, 5) is 0. The van der Waals surface area contributed by atoms with E-state index >= 15 is 0 Å². The van der Waals surface area contributed by atoms with Gasteiger partial charge in [0, 0.05) is 30.1 Å². The third-order valence-corrected chi connectivity index (χ3v) is 3.54. The lowest BCUT2D eigenvalue weighted by Gasteiger charge is -1.95. The highest BCUT2D eigenvalue weighted by atomic mass is 32.9. The summed E-state index contributed by atoms with van der Waals surface area (Å²) in [6, 6.07) is 0. The van der Waals surface area contributed by atoms with E-state index < -0.39 is 9.05 Å². The predicted molar refractivity (Wildman–Crippen MR) is 37.1 cm³/mol. The van der Waals surface area contributed by atoms with Gasteiger partial charge in [-0.15, -0.1) is 0 Å². The molecular formula is H4O3P2S2. The summed E-state index contributed by atoms with van der Waals surface area (Å²) in [5.74, 6) is 0. The van der Waals surface area contributed by atoms with Gasteiger partial charge in [-0.25, -0.2) is 0 Å². The van der Waals surface area contributed by atoms with Crippen molar-refractivity contribution >= 4 is 39.2 Å². The summed E-state index contributed by atoms with van der Waals surface area (Å²) in [6.07, 6.45) is 0. The lowest BCUT2D eigenvalue weighted by Crippen LogP contribution is -1.92. The van der Waals surface area contributed by atoms with Crippen molar-refractivity contribution in [3.63, 3.8) is 0 Å². The smallest absolute Gasteiger partial charge is 0.254 e. The molecule has 0 amide bonds. The number of hydrogen-bond acceptors (Lipinski definition) is 4. The fraction of sp³-hybridized carbons (Fsp3) is 0. The second kappa shape index (κ2) is 3.23. The monoisotopic (exact) mass is 178 g/mol. The van der Waals surface area contributed by atoms with Gasteiger partial charge in [0.05, 0.1) is 0 Å². The van der Waals surface area contributed by atoms with Crippen LogP contribution in [0.5, 0.6) is 0 Å². The molecule has 3 nitrogen and oxygen atoms in total. The molecule has 0 aliphatic rings. The molecule has 0 saturated heterocycles. The van der Waals surface area contributed by atoms with Gasteiger partial charge >= 0.3 is 0 Å². The molecule has 2 atom stereocenters. The molecule has 0 heterocycles. The largest absolute Gasteiger partial charge is 0.274 e.